The van der Waals surface area contributed by atoms with Gasteiger partial charge in [-0.1, -0.05) is 18.2 Å². The standard InChI is InChI=1S/C18H25N3O3/c1-24-14-13-20-11-5-9-18(16(20)22)10-6-12-21(18)17(23)19-15-7-3-2-4-8-15/h2-4,7-8H,5-6,9-14H2,1H3,(H,19,23). The molecular formula is C18H25N3O3. The summed E-state index contributed by atoms with van der Waals surface area (Å²) >= 11 is 0. The van der Waals surface area contributed by atoms with Gasteiger partial charge in [-0.2, -0.15) is 0 Å². The van der Waals surface area contributed by atoms with Gasteiger partial charge in [0.1, 0.15) is 5.54 Å². The highest BCUT2D eigenvalue weighted by atomic mass is 16.5. The predicted molar refractivity (Wildman–Crippen MR) is 91.8 cm³/mol. The van der Waals surface area contributed by atoms with Crippen LogP contribution in [0.15, 0.2) is 30.3 Å². The monoisotopic (exact) mass is 331 g/mol. The Hall–Kier alpha value is -2.08. The lowest BCUT2D eigenvalue weighted by Crippen LogP contribution is -2.62. The van der Waals surface area contributed by atoms with Crippen molar-refractivity contribution in [2.75, 3.05) is 38.7 Å². The van der Waals surface area contributed by atoms with E-state index < -0.39 is 5.54 Å². The normalized spacial score (nSPS) is 23.8. The molecule has 3 amide bonds. The van der Waals surface area contributed by atoms with Crippen LogP contribution in [0, 0.1) is 0 Å². The van der Waals surface area contributed by atoms with Crippen LogP contribution in [0.5, 0.6) is 0 Å². The molecule has 6 heteroatoms. The molecule has 0 saturated carbocycles. The Morgan fingerprint density at radius 1 is 1.21 bits per heavy atom. The predicted octanol–water partition coefficient (Wildman–Crippen LogP) is 2.32. The number of carbonyl (C=O) groups is 2. The van der Waals surface area contributed by atoms with Crippen LogP contribution in [-0.2, 0) is 9.53 Å². The summed E-state index contributed by atoms with van der Waals surface area (Å²) in [5.74, 6) is 0.0755. The Bertz CT molecular complexity index is 592. The minimum absolute atomic E-state index is 0.0755. The summed E-state index contributed by atoms with van der Waals surface area (Å²) in [6, 6.07) is 9.20. The molecule has 130 valence electrons. The number of hydrogen-bond acceptors (Lipinski definition) is 3. The highest BCUT2D eigenvalue weighted by molar-refractivity contribution is 5.97. The summed E-state index contributed by atoms with van der Waals surface area (Å²) in [5.41, 5.74) is 0.0780. The molecule has 1 aromatic carbocycles. The van der Waals surface area contributed by atoms with Gasteiger partial charge in [-0.15, -0.1) is 0 Å². The number of urea groups is 1. The number of benzene rings is 1. The van der Waals surface area contributed by atoms with Crippen LogP contribution in [-0.4, -0.2) is 60.6 Å². The van der Waals surface area contributed by atoms with E-state index in [1.807, 2.05) is 35.2 Å². The number of carbonyl (C=O) groups excluding carboxylic acids is 2. The van der Waals surface area contributed by atoms with Gasteiger partial charge < -0.3 is 19.9 Å². The average Bonchev–Trinajstić information content (AvgIpc) is 3.02. The van der Waals surface area contributed by atoms with Crippen molar-refractivity contribution < 1.29 is 14.3 Å². The Morgan fingerprint density at radius 3 is 2.62 bits per heavy atom. The van der Waals surface area contributed by atoms with Crippen molar-refractivity contribution in [2.45, 2.75) is 31.2 Å². The number of nitrogens with one attached hydrogen (secondary N) is 1. The molecule has 2 aliphatic heterocycles. The van der Waals surface area contributed by atoms with Gasteiger partial charge in [0.25, 0.3) is 0 Å². The lowest BCUT2D eigenvalue weighted by Gasteiger charge is -2.44. The molecule has 24 heavy (non-hydrogen) atoms. The molecule has 1 N–H and O–H groups in total. The minimum Gasteiger partial charge on any atom is -0.383 e. The maximum absolute atomic E-state index is 13.1. The fourth-order valence-corrected chi connectivity index (χ4v) is 3.85. The van der Waals surface area contributed by atoms with E-state index in [4.69, 9.17) is 4.74 Å². The number of methoxy groups -OCH3 is 1. The first-order valence-corrected chi connectivity index (χ1v) is 8.59. The average molecular weight is 331 g/mol. The molecule has 2 aliphatic rings. The quantitative estimate of drug-likeness (QED) is 0.921. The Morgan fingerprint density at radius 2 is 1.92 bits per heavy atom. The third-order valence-corrected chi connectivity index (χ3v) is 5.03. The zero-order valence-corrected chi connectivity index (χ0v) is 14.2. The van der Waals surface area contributed by atoms with Crippen LogP contribution in [0.3, 0.4) is 0 Å². The fraction of sp³-hybridized carbons (Fsp3) is 0.556. The summed E-state index contributed by atoms with van der Waals surface area (Å²) in [6.07, 6.45) is 3.28. The minimum atomic E-state index is -0.676. The lowest BCUT2D eigenvalue weighted by atomic mass is 9.85. The maximum Gasteiger partial charge on any atom is 0.322 e. The van der Waals surface area contributed by atoms with Gasteiger partial charge in [0, 0.05) is 32.4 Å². The van der Waals surface area contributed by atoms with Crippen molar-refractivity contribution in [2.24, 2.45) is 0 Å². The van der Waals surface area contributed by atoms with Crippen molar-refractivity contribution in [3.05, 3.63) is 30.3 Å². The van der Waals surface area contributed by atoms with Crippen LogP contribution in [0.25, 0.3) is 0 Å². The van der Waals surface area contributed by atoms with E-state index in [1.54, 1.807) is 12.0 Å². The van der Waals surface area contributed by atoms with E-state index in [-0.39, 0.29) is 11.9 Å². The van der Waals surface area contributed by atoms with E-state index in [1.165, 1.54) is 0 Å². The van der Waals surface area contributed by atoms with Gasteiger partial charge in [0.2, 0.25) is 5.91 Å². The van der Waals surface area contributed by atoms with E-state index in [9.17, 15) is 9.59 Å². The van der Waals surface area contributed by atoms with E-state index in [0.29, 0.717) is 19.7 Å². The van der Waals surface area contributed by atoms with Crippen molar-refractivity contribution in [1.29, 1.82) is 0 Å². The Balaban J connectivity index is 1.75. The molecule has 1 spiro atoms. The summed E-state index contributed by atoms with van der Waals surface area (Å²) in [5, 5.41) is 2.93. The molecule has 1 atom stereocenters. The molecule has 0 bridgehead atoms. The Kier molecular flexibility index (Phi) is 5.04. The summed E-state index contributed by atoms with van der Waals surface area (Å²) in [6.45, 7) is 2.49. The maximum atomic E-state index is 13.1. The van der Waals surface area contributed by atoms with Crippen molar-refractivity contribution in [3.8, 4) is 0 Å². The fourth-order valence-electron chi connectivity index (χ4n) is 3.85. The molecule has 2 saturated heterocycles. The number of nitrogens with zero attached hydrogens (tertiary/aromatic N) is 2. The second kappa shape index (κ2) is 7.21. The van der Waals surface area contributed by atoms with Crippen molar-refractivity contribution >= 4 is 17.6 Å². The SMILES string of the molecule is COCCN1CCCC2(CCCN2C(=O)Nc2ccccc2)C1=O. The van der Waals surface area contributed by atoms with Crippen molar-refractivity contribution in [3.63, 3.8) is 0 Å². The first kappa shape index (κ1) is 16.8. The highest BCUT2D eigenvalue weighted by Crippen LogP contribution is 2.38. The van der Waals surface area contributed by atoms with Crippen LogP contribution in [0.2, 0.25) is 0 Å². The number of ether oxygens (including phenoxy) is 1. The van der Waals surface area contributed by atoms with Gasteiger partial charge in [0.15, 0.2) is 0 Å². The highest BCUT2D eigenvalue weighted by Gasteiger charge is 2.52. The van der Waals surface area contributed by atoms with Gasteiger partial charge >= 0.3 is 6.03 Å². The largest absolute Gasteiger partial charge is 0.383 e. The number of hydrogen-bond donors (Lipinski definition) is 1. The molecule has 6 nitrogen and oxygen atoms in total. The second-order valence-electron chi connectivity index (χ2n) is 6.47. The van der Waals surface area contributed by atoms with Crippen LogP contribution < -0.4 is 5.32 Å². The Labute approximate surface area is 142 Å². The van der Waals surface area contributed by atoms with Gasteiger partial charge in [0.05, 0.1) is 6.61 Å². The van der Waals surface area contributed by atoms with Crippen LogP contribution in [0.4, 0.5) is 10.5 Å². The molecule has 0 aromatic heterocycles. The van der Waals surface area contributed by atoms with E-state index >= 15 is 0 Å². The number of anilines is 1. The molecule has 1 unspecified atom stereocenters. The first-order valence-electron chi connectivity index (χ1n) is 8.59. The zero-order valence-electron chi connectivity index (χ0n) is 14.2. The van der Waals surface area contributed by atoms with E-state index in [2.05, 4.69) is 5.32 Å². The summed E-state index contributed by atoms with van der Waals surface area (Å²) in [7, 11) is 1.64. The van der Waals surface area contributed by atoms with Gasteiger partial charge in [-0.05, 0) is 37.8 Å². The van der Waals surface area contributed by atoms with Gasteiger partial charge in [-0.3, -0.25) is 4.79 Å². The third-order valence-electron chi connectivity index (χ3n) is 5.03. The number of likely N-dealkylation sites (tertiary alicyclic amines) is 2. The molecule has 2 heterocycles. The smallest absolute Gasteiger partial charge is 0.322 e. The lowest BCUT2D eigenvalue weighted by molar-refractivity contribution is -0.146. The summed E-state index contributed by atoms with van der Waals surface area (Å²) < 4.78 is 5.11. The van der Waals surface area contributed by atoms with Crippen LogP contribution in [0.1, 0.15) is 25.7 Å². The second-order valence-corrected chi connectivity index (χ2v) is 6.47. The first-order chi connectivity index (χ1) is 11.7. The molecule has 2 fully saturated rings. The number of para-hydroxylation sites is 1. The molecule has 0 radical (unpaired) electrons. The van der Waals surface area contributed by atoms with Crippen molar-refractivity contribution in [1.82, 2.24) is 9.80 Å². The third kappa shape index (κ3) is 3.11. The zero-order chi connectivity index (χ0) is 17.0. The number of piperidine rings is 1. The summed E-state index contributed by atoms with van der Waals surface area (Å²) in [4.78, 5) is 29.4. The van der Waals surface area contributed by atoms with Crippen LogP contribution >= 0.6 is 0 Å². The van der Waals surface area contributed by atoms with Gasteiger partial charge in [-0.25, -0.2) is 4.79 Å². The molecule has 0 aliphatic carbocycles. The molecule has 1 aromatic rings. The number of amides is 3. The topological polar surface area (TPSA) is 61.9 Å². The molecule has 3 rings (SSSR count). The number of rotatable bonds is 4. The van der Waals surface area contributed by atoms with E-state index in [0.717, 1.165) is 37.9 Å². The molecular weight excluding hydrogens is 306 g/mol.